The van der Waals surface area contributed by atoms with Gasteiger partial charge in [-0.3, -0.25) is 19.2 Å². The van der Waals surface area contributed by atoms with Crippen LogP contribution in [0.5, 0.6) is 11.5 Å². The zero-order chi connectivity index (χ0) is 29.1. The fourth-order valence-electron chi connectivity index (χ4n) is 4.74. The lowest BCUT2D eigenvalue weighted by atomic mass is 9.77. The quantitative estimate of drug-likeness (QED) is 0.210. The normalized spacial score (nSPS) is 13.6. The molecular formula is C28H26N6O7. The van der Waals surface area contributed by atoms with Crippen LogP contribution in [-0.2, 0) is 29.5 Å². The summed E-state index contributed by atoms with van der Waals surface area (Å²) in [6.45, 7) is -1.04. The Hall–Kier alpha value is -5.27. The van der Waals surface area contributed by atoms with Gasteiger partial charge in [0, 0.05) is 40.2 Å². The molecule has 3 aromatic carbocycles. The number of hydrogen-bond acceptors (Lipinski definition) is 9. The molecule has 4 amide bonds. The molecule has 13 heteroatoms. The van der Waals surface area contributed by atoms with Gasteiger partial charge in [0.05, 0.1) is 31.7 Å². The summed E-state index contributed by atoms with van der Waals surface area (Å²) in [5.74, 6) is -1.84. The van der Waals surface area contributed by atoms with E-state index in [1.807, 2.05) is 0 Å². The zero-order valence-electron chi connectivity index (χ0n) is 21.6. The van der Waals surface area contributed by atoms with Crippen molar-refractivity contribution in [2.75, 3.05) is 36.8 Å². The molecule has 0 aromatic heterocycles. The van der Waals surface area contributed by atoms with Crippen LogP contribution in [0.1, 0.15) is 27.0 Å². The second-order valence-electron chi connectivity index (χ2n) is 9.20. The average molecular weight is 559 g/mol. The number of nitrogens with two attached hydrogens (primary N) is 2. The summed E-state index contributed by atoms with van der Waals surface area (Å²) in [7, 11) is 0. The minimum absolute atomic E-state index is 0.244. The second-order valence-corrected chi connectivity index (χ2v) is 9.20. The van der Waals surface area contributed by atoms with Gasteiger partial charge in [0.25, 0.3) is 0 Å². The Morgan fingerprint density at radius 1 is 0.683 bits per heavy atom. The molecule has 210 valence electrons. The van der Waals surface area contributed by atoms with E-state index in [-0.39, 0.29) is 26.2 Å². The Balaban J connectivity index is 1.51. The van der Waals surface area contributed by atoms with Gasteiger partial charge in [0.15, 0.2) is 5.60 Å². The molecule has 2 heterocycles. The van der Waals surface area contributed by atoms with Crippen molar-refractivity contribution in [1.29, 1.82) is 0 Å². The van der Waals surface area contributed by atoms with Crippen LogP contribution in [0.15, 0.2) is 60.7 Å². The molecule has 1 spiro atoms. The molecule has 0 fully saturated rings. The number of esters is 1. The van der Waals surface area contributed by atoms with E-state index in [2.05, 4.69) is 21.3 Å². The summed E-state index contributed by atoms with van der Waals surface area (Å²) in [4.78, 5) is 60.5. The Morgan fingerprint density at radius 3 is 1.71 bits per heavy atom. The number of fused-ring (bicyclic) bond motifs is 6. The molecule has 3 aromatic rings. The van der Waals surface area contributed by atoms with Crippen LogP contribution >= 0.6 is 0 Å². The highest BCUT2D eigenvalue weighted by molar-refractivity contribution is 5.98. The van der Waals surface area contributed by atoms with E-state index in [4.69, 9.17) is 20.9 Å². The van der Waals surface area contributed by atoms with Crippen LogP contribution in [0, 0.1) is 0 Å². The molecule has 0 bridgehead atoms. The first-order chi connectivity index (χ1) is 19.7. The average Bonchev–Trinajstić information content (AvgIpc) is 3.27. The van der Waals surface area contributed by atoms with Gasteiger partial charge in [-0.1, -0.05) is 18.2 Å². The number of anilines is 2. The smallest absolute Gasteiger partial charge is 0.340 e. The number of amides is 4. The maximum atomic E-state index is 13.0. The molecule has 5 rings (SSSR count). The van der Waals surface area contributed by atoms with E-state index in [0.29, 0.717) is 45.1 Å². The van der Waals surface area contributed by atoms with E-state index < -0.39 is 35.2 Å². The summed E-state index contributed by atoms with van der Waals surface area (Å²) < 4.78 is 12.3. The largest absolute Gasteiger partial charge is 0.456 e. The maximum Gasteiger partial charge on any atom is 0.340 e. The monoisotopic (exact) mass is 558 g/mol. The summed E-state index contributed by atoms with van der Waals surface area (Å²) in [6, 6.07) is 16.8. The third-order valence-corrected chi connectivity index (χ3v) is 6.54. The Kier molecular flexibility index (Phi) is 7.38. The Labute approximate surface area is 233 Å². The van der Waals surface area contributed by atoms with Crippen LogP contribution in [0.3, 0.4) is 0 Å². The fourth-order valence-corrected chi connectivity index (χ4v) is 4.74. The van der Waals surface area contributed by atoms with Gasteiger partial charge in [-0.15, -0.1) is 0 Å². The van der Waals surface area contributed by atoms with Crippen LogP contribution in [0.2, 0.25) is 0 Å². The third kappa shape index (κ3) is 5.18. The van der Waals surface area contributed by atoms with Crippen molar-refractivity contribution in [3.8, 4) is 11.5 Å². The summed E-state index contributed by atoms with van der Waals surface area (Å²) in [6.07, 6.45) is 0. The number of carbonyl (C=O) groups excluding carboxylic acids is 5. The number of benzene rings is 3. The third-order valence-electron chi connectivity index (χ3n) is 6.54. The van der Waals surface area contributed by atoms with Gasteiger partial charge >= 0.3 is 5.97 Å². The van der Waals surface area contributed by atoms with Crippen molar-refractivity contribution in [3.05, 3.63) is 82.9 Å². The maximum absolute atomic E-state index is 13.0. The van der Waals surface area contributed by atoms with E-state index in [0.717, 1.165) is 0 Å². The van der Waals surface area contributed by atoms with Gasteiger partial charge in [-0.05, 0) is 30.3 Å². The van der Waals surface area contributed by atoms with Gasteiger partial charge in [0.2, 0.25) is 23.6 Å². The molecule has 41 heavy (non-hydrogen) atoms. The standard InChI is InChI=1S/C28H26N6O7/c29-11-23(35)31-13-25(37)33-15-5-7-19-21(9-15)40-22-10-16(34-26(38)14-32-24(36)12-30)6-8-20(22)28(19)18-4-2-1-3-17(18)27(39)41-28/h1-10H,11-14,29-30H2,(H,31,35)(H,32,36)(H,33,37)(H,34,38). The molecule has 0 saturated carbocycles. The number of nitrogens with one attached hydrogen (secondary N) is 4. The Bertz CT molecular complexity index is 1500. The number of carbonyl (C=O) groups is 5. The topological polar surface area (TPSA) is 204 Å². The number of hydrogen-bond donors (Lipinski definition) is 6. The van der Waals surface area contributed by atoms with Crippen molar-refractivity contribution in [2.24, 2.45) is 11.5 Å². The molecule has 0 unspecified atom stereocenters. The molecule has 8 N–H and O–H groups in total. The lowest BCUT2D eigenvalue weighted by Crippen LogP contribution is -2.36. The summed E-state index contributed by atoms with van der Waals surface area (Å²) in [5.41, 5.74) is 12.0. The lowest BCUT2D eigenvalue weighted by Gasteiger charge is -2.36. The number of ether oxygens (including phenoxy) is 2. The second kappa shape index (κ2) is 11.1. The van der Waals surface area contributed by atoms with Crippen LogP contribution < -0.4 is 37.5 Å². The van der Waals surface area contributed by atoms with Crippen LogP contribution in [-0.4, -0.2) is 55.8 Å². The predicted molar refractivity (Wildman–Crippen MR) is 146 cm³/mol. The van der Waals surface area contributed by atoms with E-state index in [1.165, 1.54) is 0 Å². The molecule has 2 aliphatic rings. The van der Waals surface area contributed by atoms with Crippen molar-refractivity contribution in [3.63, 3.8) is 0 Å². The first kappa shape index (κ1) is 27.3. The highest BCUT2D eigenvalue weighted by atomic mass is 16.6. The van der Waals surface area contributed by atoms with Crippen LogP contribution in [0.25, 0.3) is 0 Å². The van der Waals surface area contributed by atoms with Crippen molar-refractivity contribution >= 4 is 41.0 Å². The van der Waals surface area contributed by atoms with Crippen molar-refractivity contribution in [1.82, 2.24) is 10.6 Å². The molecule has 0 saturated heterocycles. The molecule has 0 radical (unpaired) electrons. The molecule has 13 nitrogen and oxygen atoms in total. The van der Waals surface area contributed by atoms with E-state index >= 15 is 0 Å². The minimum Gasteiger partial charge on any atom is -0.456 e. The molecule has 2 aliphatic heterocycles. The minimum atomic E-state index is -1.36. The zero-order valence-corrected chi connectivity index (χ0v) is 21.6. The molecule has 0 atom stereocenters. The van der Waals surface area contributed by atoms with E-state index in [1.54, 1.807) is 60.7 Å². The first-order valence-corrected chi connectivity index (χ1v) is 12.6. The molecule has 0 aliphatic carbocycles. The first-order valence-electron chi connectivity index (χ1n) is 12.6. The summed E-state index contributed by atoms with van der Waals surface area (Å²) in [5, 5.41) is 10.2. The highest BCUT2D eigenvalue weighted by Gasteiger charge is 2.53. The van der Waals surface area contributed by atoms with Gasteiger partial charge in [-0.2, -0.15) is 0 Å². The predicted octanol–water partition coefficient (Wildman–Crippen LogP) is 0.281. The molecular weight excluding hydrogens is 532 g/mol. The highest BCUT2D eigenvalue weighted by Crippen LogP contribution is 2.56. The number of rotatable bonds is 8. The van der Waals surface area contributed by atoms with E-state index in [9.17, 15) is 24.0 Å². The van der Waals surface area contributed by atoms with Gasteiger partial charge < -0.3 is 42.2 Å². The summed E-state index contributed by atoms with van der Waals surface area (Å²) >= 11 is 0. The van der Waals surface area contributed by atoms with Crippen LogP contribution in [0.4, 0.5) is 11.4 Å². The Morgan fingerprint density at radius 2 is 1.20 bits per heavy atom. The van der Waals surface area contributed by atoms with Gasteiger partial charge in [0.1, 0.15) is 11.5 Å². The van der Waals surface area contributed by atoms with Crippen molar-refractivity contribution < 1.29 is 33.4 Å². The van der Waals surface area contributed by atoms with Crippen molar-refractivity contribution in [2.45, 2.75) is 5.60 Å². The lowest BCUT2D eigenvalue weighted by molar-refractivity contribution is -0.123. The van der Waals surface area contributed by atoms with Gasteiger partial charge in [-0.25, -0.2) is 4.79 Å². The fraction of sp³-hybridized carbons (Fsp3) is 0.179. The SMILES string of the molecule is NCC(=O)NCC(=O)Nc1ccc2c(c1)Oc1cc(NC(=O)CNC(=O)CN)ccc1C21OC(=O)c2ccccc21.